The second-order valence-electron chi connectivity index (χ2n) is 16.2. The second kappa shape index (κ2) is 45.4. The molecule has 58 heavy (non-hydrogen) atoms. The number of aliphatic hydroxyl groups excluding tert-OH is 2. The Kier molecular flexibility index (Phi) is 43.3. The van der Waals surface area contributed by atoms with Gasteiger partial charge in [-0.05, 0) is 83.5 Å². The molecule has 0 radical (unpaired) electrons. The molecule has 6 nitrogen and oxygen atoms in total. The first-order valence-electron chi connectivity index (χ1n) is 24.2. The zero-order valence-electron chi connectivity index (χ0n) is 37.9. The van der Waals surface area contributed by atoms with Crippen molar-refractivity contribution in [2.24, 2.45) is 0 Å². The van der Waals surface area contributed by atoms with Gasteiger partial charge in [0.05, 0.1) is 25.2 Å². The summed E-state index contributed by atoms with van der Waals surface area (Å²) in [6, 6.07) is -0.723. The number of amides is 1. The largest absolute Gasteiger partial charge is 0.462 e. The smallest absolute Gasteiger partial charge is 0.306 e. The summed E-state index contributed by atoms with van der Waals surface area (Å²) < 4.78 is 5.88. The maximum absolute atomic E-state index is 13.1. The van der Waals surface area contributed by atoms with E-state index in [1.54, 1.807) is 0 Å². The van der Waals surface area contributed by atoms with Crippen molar-refractivity contribution in [3.63, 3.8) is 0 Å². The molecule has 0 aromatic heterocycles. The van der Waals surface area contributed by atoms with Crippen LogP contribution in [-0.2, 0) is 14.3 Å². The Hall–Kier alpha value is -2.70. The minimum Gasteiger partial charge on any atom is -0.462 e. The molecule has 3 N–H and O–H groups in total. The third-order valence-corrected chi connectivity index (χ3v) is 10.5. The number of carbonyl (C=O) groups excluding carboxylic acids is 2. The minimum atomic E-state index is -0.805. The summed E-state index contributed by atoms with van der Waals surface area (Å²) in [6.45, 7) is 6.31. The van der Waals surface area contributed by atoms with Gasteiger partial charge < -0.3 is 20.3 Å². The van der Waals surface area contributed by atoms with Crippen molar-refractivity contribution in [2.75, 3.05) is 6.61 Å². The number of hydrogen-bond acceptors (Lipinski definition) is 5. The molecular weight excluding hydrogens is 719 g/mol. The number of rotatable bonds is 42. The van der Waals surface area contributed by atoms with Crippen LogP contribution in [0.5, 0.6) is 0 Å². The highest BCUT2D eigenvalue weighted by Crippen LogP contribution is 2.16. The van der Waals surface area contributed by atoms with Crippen LogP contribution in [-0.4, -0.2) is 46.9 Å². The van der Waals surface area contributed by atoms with Crippen LogP contribution in [0.15, 0.2) is 72.9 Å². The molecule has 0 aromatic carbocycles. The van der Waals surface area contributed by atoms with Gasteiger partial charge in [-0.2, -0.15) is 0 Å². The van der Waals surface area contributed by atoms with Gasteiger partial charge in [-0.1, -0.05) is 196 Å². The van der Waals surface area contributed by atoms with E-state index in [9.17, 15) is 19.8 Å². The number of esters is 1. The van der Waals surface area contributed by atoms with E-state index >= 15 is 0 Å². The van der Waals surface area contributed by atoms with Crippen LogP contribution in [0.1, 0.15) is 220 Å². The molecule has 0 bridgehead atoms. The molecule has 0 spiro atoms. The summed E-state index contributed by atoms with van der Waals surface area (Å²) >= 11 is 0. The van der Waals surface area contributed by atoms with Crippen LogP contribution in [0.25, 0.3) is 0 Å². The standard InChI is InChI=1S/C52H91NO5/c1-4-7-10-13-16-19-21-23-25-26-28-30-33-36-39-42-45-52(57)58-48(43-40-37-34-32-29-27-24-22-20-17-14-11-8-5-2)46-51(56)53-49(47-54)50(55)44-41-38-35-31-18-15-12-9-6-3/h7,10,16,19,23,25,27-30,32,34,48-50,54-55H,4-6,8-9,11-15,17-18,20-22,24,26,31,33,35-47H2,1-3H3,(H,53,56)/b10-7+,19-16+,25-23+,29-27+,30-28+,34-32+. The van der Waals surface area contributed by atoms with Gasteiger partial charge in [-0.3, -0.25) is 9.59 Å². The van der Waals surface area contributed by atoms with Crippen molar-refractivity contribution in [1.82, 2.24) is 5.32 Å². The zero-order chi connectivity index (χ0) is 42.4. The number of unbranched alkanes of at least 4 members (excludes halogenated alkanes) is 19. The van der Waals surface area contributed by atoms with E-state index in [1.165, 1.54) is 83.5 Å². The van der Waals surface area contributed by atoms with Crippen molar-refractivity contribution in [2.45, 2.75) is 238 Å². The fourth-order valence-electron chi connectivity index (χ4n) is 6.89. The first kappa shape index (κ1) is 55.3. The van der Waals surface area contributed by atoms with Gasteiger partial charge in [-0.25, -0.2) is 0 Å². The predicted molar refractivity (Wildman–Crippen MR) is 250 cm³/mol. The van der Waals surface area contributed by atoms with Gasteiger partial charge in [0.15, 0.2) is 0 Å². The van der Waals surface area contributed by atoms with E-state index in [-0.39, 0.29) is 24.9 Å². The van der Waals surface area contributed by atoms with Crippen LogP contribution >= 0.6 is 0 Å². The van der Waals surface area contributed by atoms with E-state index in [1.807, 2.05) is 0 Å². The van der Waals surface area contributed by atoms with Crippen molar-refractivity contribution < 1.29 is 24.5 Å². The van der Waals surface area contributed by atoms with Crippen LogP contribution in [0, 0.1) is 0 Å². The van der Waals surface area contributed by atoms with Crippen molar-refractivity contribution in [1.29, 1.82) is 0 Å². The summed E-state index contributed by atoms with van der Waals surface area (Å²) in [5.41, 5.74) is 0. The molecule has 3 unspecified atom stereocenters. The van der Waals surface area contributed by atoms with Gasteiger partial charge in [0.2, 0.25) is 5.91 Å². The van der Waals surface area contributed by atoms with E-state index in [4.69, 9.17) is 4.74 Å². The molecule has 0 aliphatic heterocycles. The van der Waals surface area contributed by atoms with Crippen molar-refractivity contribution in [3.8, 4) is 0 Å². The van der Waals surface area contributed by atoms with E-state index in [0.717, 1.165) is 89.9 Å². The molecule has 0 aliphatic carbocycles. The van der Waals surface area contributed by atoms with Crippen LogP contribution in [0.2, 0.25) is 0 Å². The summed E-state index contributed by atoms with van der Waals surface area (Å²) in [5.74, 6) is -0.563. The Morgan fingerprint density at radius 2 is 1.00 bits per heavy atom. The third-order valence-electron chi connectivity index (χ3n) is 10.5. The highest BCUT2D eigenvalue weighted by atomic mass is 16.5. The van der Waals surface area contributed by atoms with E-state index in [0.29, 0.717) is 19.3 Å². The van der Waals surface area contributed by atoms with Crippen molar-refractivity contribution >= 4 is 11.9 Å². The van der Waals surface area contributed by atoms with Crippen LogP contribution in [0.3, 0.4) is 0 Å². The molecule has 0 aromatic rings. The Morgan fingerprint density at radius 1 is 0.534 bits per heavy atom. The lowest BCUT2D eigenvalue weighted by Crippen LogP contribution is -2.46. The second-order valence-corrected chi connectivity index (χ2v) is 16.2. The molecule has 1 amide bonds. The Balaban J connectivity index is 4.73. The highest BCUT2D eigenvalue weighted by molar-refractivity contribution is 5.77. The van der Waals surface area contributed by atoms with Crippen LogP contribution < -0.4 is 5.32 Å². The van der Waals surface area contributed by atoms with Gasteiger partial charge in [0.25, 0.3) is 0 Å². The lowest BCUT2D eigenvalue weighted by atomic mass is 10.0. The normalized spacial score (nSPS) is 13.9. The summed E-state index contributed by atoms with van der Waals surface area (Å²) in [6.07, 6.45) is 56.8. The molecule has 0 heterocycles. The number of aliphatic hydroxyl groups is 2. The van der Waals surface area contributed by atoms with E-state index < -0.39 is 18.2 Å². The maximum Gasteiger partial charge on any atom is 0.306 e. The SMILES string of the molecule is CC/C=C/C/C=C/C/C=C/C/C=C/CCCCCC(=O)OC(CCC/C=C/C=C/CCCCCCCCC)CC(=O)NC(CO)C(O)CCCCCCCCCCC. The number of carbonyl (C=O) groups is 2. The zero-order valence-corrected chi connectivity index (χ0v) is 37.9. The molecule has 0 rings (SSSR count). The van der Waals surface area contributed by atoms with Crippen LogP contribution in [0.4, 0.5) is 0 Å². The highest BCUT2D eigenvalue weighted by Gasteiger charge is 2.24. The molecule has 0 aliphatic rings. The fourth-order valence-corrected chi connectivity index (χ4v) is 6.89. The molecule has 0 saturated carbocycles. The van der Waals surface area contributed by atoms with Gasteiger partial charge in [0.1, 0.15) is 6.10 Å². The molecule has 6 heteroatoms. The Labute approximate surface area is 358 Å². The number of hydrogen-bond donors (Lipinski definition) is 3. The molecular formula is C52H91NO5. The molecule has 0 saturated heterocycles. The molecule has 0 fully saturated rings. The van der Waals surface area contributed by atoms with Crippen molar-refractivity contribution in [3.05, 3.63) is 72.9 Å². The average molecular weight is 810 g/mol. The Bertz CT molecular complexity index is 1090. The van der Waals surface area contributed by atoms with Gasteiger partial charge in [-0.15, -0.1) is 0 Å². The third kappa shape index (κ3) is 40.1. The quantitative estimate of drug-likeness (QED) is 0.0247. The van der Waals surface area contributed by atoms with Gasteiger partial charge in [0, 0.05) is 6.42 Å². The predicted octanol–water partition coefficient (Wildman–Crippen LogP) is 14.2. The number of nitrogens with one attached hydrogen (secondary N) is 1. The number of allylic oxidation sites excluding steroid dienone is 12. The average Bonchev–Trinajstić information content (AvgIpc) is 3.22. The number of ether oxygens (including phenoxy) is 1. The lowest BCUT2D eigenvalue weighted by Gasteiger charge is -2.24. The Morgan fingerprint density at radius 3 is 1.55 bits per heavy atom. The monoisotopic (exact) mass is 810 g/mol. The van der Waals surface area contributed by atoms with E-state index in [2.05, 4.69) is 99.0 Å². The minimum absolute atomic E-state index is 0.0287. The fraction of sp³-hybridized carbons (Fsp3) is 0.731. The summed E-state index contributed by atoms with van der Waals surface area (Å²) in [7, 11) is 0. The summed E-state index contributed by atoms with van der Waals surface area (Å²) in [5, 5.41) is 23.6. The maximum atomic E-state index is 13.1. The van der Waals surface area contributed by atoms with Gasteiger partial charge >= 0.3 is 5.97 Å². The lowest BCUT2D eigenvalue weighted by molar-refractivity contribution is -0.151. The first-order chi connectivity index (χ1) is 28.5. The summed E-state index contributed by atoms with van der Waals surface area (Å²) in [4.78, 5) is 26.0. The molecule has 3 atom stereocenters. The first-order valence-corrected chi connectivity index (χ1v) is 24.2. The topological polar surface area (TPSA) is 95.9 Å². The molecule has 334 valence electrons.